The Bertz CT molecular complexity index is 485. The van der Waals surface area contributed by atoms with E-state index in [1.807, 2.05) is 51.1 Å². The van der Waals surface area contributed by atoms with Crippen molar-refractivity contribution in [3.05, 3.63) is 35.9 Å². The van der Waals surface area contributed by atoms with E-state index in [9.17, 15) is 4.79 Å². The molecule has 5 nitrogen and oxygen atoms in total. The Balaban J connectivity index is 1.72. The Morgan fingerprint density at radius 3 is 2.65 bits per heavy atom. The highest BCUT2D eigenvalue weighted by molar-refractivity contribution is 5.68. The average Bonchev–Trinajstić information content (AvgIpc) is 2.72. The van der Waals surface area contributed by atoms with Crippen LogP contribution in [0.2, 0.25) is 0 Å². The van der Waals surface area contributed by atoms with Crippen LogP contribution in [0.25, 0.3) is 0 Å². The van der Waals surface area contributed by atoms with E-state index in [1.165, 1.54) is 0 Å². The van der Waals surface area contributed by atoms with Crippen molar-refractivity contribution < 1.29 is 14.4 Å². The van der Waals surface area contributed by atoms with Gasteiger partial charge in [-0.3, -0.25) is 4.84 Å². The smallest absolute Gasteiger partial charge is 0.410 e. The highest BCUT2D eigenvalue weighted by Crippen LogP contribution is 2.15. The van der Waals surface area contributed by atoms with Gasteiger partial charge in [-0.05, 0) is 45.6 Å². The van der Waals surface area contributed by atoms with Crippen LogP contribution in [0.15, 0.2) is 30.3 Å². The number of likely N-dealkylation sites (tertiary alicyclic amines) is 1. The van der Waals surface area contributed by atoms with Crippen LogP contribution in [0.4, 0.5) is 4.79 Å². The quantitative estimate of drug-likeness (QED) is 0.863. The number of carbonyl (C=O) groups is 1. The Morgan fingerprint density at radius 2 is 1.96 bits per heavy atom. The number of hydrogen-bond donors (Lipinski definition) is 1. The van der Waals surface area contributed by atoms with E-state index < -0.39 is 5.60 Å². The SMILES string of the molecule is CC(C)(C)OC(=O)N1CCCC(NOCc2ccccc2)CC1. The zero-order valence-corrected chi connectivity index (χ0v) is 14.4. The van der Waals surface area contributed by atoms with Gasteiger partial charge in [-0.2, -0.15) is 5.48 Å². The fraction of sp³-hybridized carbons (Fsp3) is 0.611. The normalized spacial score (nSPS) is 19.3. The lowest BCUT2D eigenvalue weighted by Crippen LogP contribution is -2.38. The Kier molecular flexibility index (Phi) is 6.42. The third-order valence-electron chi connectivity index (χ3n) is 3.71. The van der Waals surface area contributed by atoms with Gasteiger partial charge in [-0.15, -0.1) is 0 Å². The minimum atomic E-state index is -0.445. The molecule has 128 valence electrons. The molecule has 1 aliphatic heterocycles. The molecule has 1 saturated heterocycles. The summed E-state index contributed by atoms with van der Waals surface area (Å²) < 4.78 is 5.44. The third kappa shape index (κ3) is 6.59. The van der Waals surface area contributed by atoms with Gasteiger partial charge in [0.1, 0.15) is 5.60 Å². The van der Waals surface area contributed by atoms with E-state index in [0.29, 0.717) is 13.2 Å². The second kappa shape index (κ2) is 8.31. The highest BCUT2D eigenvalue weighted by atomic mass is 16.6. The summed E-state index contributed by atoms with van der Waals surface area (Å²) in [7, 11) is 0. The lowest BCUT2D eigenvalue weighted by Gasteiger charge is -2.26. The van der Waals surface area contributed by atoms with Crippen molar-refractivity contribution in [2.24, 2.45) is 0 Å². The minimum absolute atomic E-state index is 0.219. The van der Waals surface area contributed by atoms with Crippen LogP contribution in [0, 0.1) is 0 Å². The Morgan fingerprint density at radius 1 is 1.22 bits per heavy atom. The van der Waals surface area contributed by atoms with Gasteiger partial charge in [0.05, 0.1) is 6.61 Å². The molecule has 1 aromatic carbocycles. The summed E-state index contributed by atoms with van der Waals surface area (Å²) >= 11 is 0. The molecule has 1 amide bonds. The Labute approximate surface area is 138 Å². The van der Waals surface area contributed by atoms with Gasteiger partial charge in [0.2, 0.25) is 0 Å². The van der Waals surface area contributed by atoms with Crippen LogP contribution in [-0.4, -0.2) is 35.7 Å². The molecule has 1 aliphatic rings. The van der Waals surface area contributed by atoms with Gasteiger partial charge in [0.25, 0.3) is 0 Å². The molecule has 1 aromatic rings. The maximum Gasteiger partial charge on any atom is 0.410 e. The van der Waals surface area contributed by atoms with E-state index in [1.54, 1.807) is 4.90 Å². The first-order valence-electron chi connectivity index (χ1n) is 8.33. The molecule has 1 atom stereocenters. The minimum Gasteiger partial charge on any atom is -0.444 e. The summed E-state index contributed by atoms with van der Waals surface area (Å²) in [5.74, 6) is 0. The zero-order chi connectivity index (χ0) is 16.7. The number of ether oxygens (including phenoxy) is 1. The van der Waals surface area contributed by atoms with E-state index in [4.69, 9.17) is 9.57 Å². The van der Waals surface area contributed by atoms with E-state index in [0.717, 1.165) is 31.4 Å². The average molecular weight is 320 g/mol. The third-order valence-corrected chi connectivity index (χ3v) is 3.71. The molecule has 1 heterocycles. The molecule has 2 rings (SSSR count). The number of nitrogens with one attached hydrogen (secondary N) is 1. The predicted molar refractivity (Wildman–Crippen MR) is 89.8 cm³/mol. The van der Waals surface area contributed by atoms with Crippen LogP contribution in [0.3, 0.4) is 0 Å². The van der Waals surface area contributed by atoms with Crippen molar-refractivity contribution in [3.63, 3.8) is 0 Å². The number of amides is 1. The molecular formula is C18H28N2O3. The first kappa shape index (κ1) is 17.8. The summed E-state index contributed by atoms with van der Waals surface area (Å²) in [5.41, 5.74) is 3.84. The summed E-state index contributed by atoms with van der Waals surface area (Å²) in [6.45, 7) is 7.67. The number of carbonyl (C=O) groups excluding carboxylic acids is 1. The molecule has 0 aromatic heterocycles. The molecule has 1 unspecified atom stereocenters. The van der Waals surface area contributed by atoms with Crippen molar-refractivity contribution >= 4 is 6.09 Å². The standard InChI is InChI=1S/C18H28N2O3/c1-18(2,3)23-17(21)20-12-7-10-16(11-13-20)19-22-14-15-8-5-4-6-9-15/h4-6,8-9,16,19H,7,10-14H2,1-3H3. The van der Waals surface area contributed by atoms with Crippen LogP contribution < -0.4 is 5.48 Å². The molecule has 1 fully saturated rings. The maximum atomic E-state index is 12.1. The van der Waals surface area contributed by atoms with Crippen molar-refractivity contribution in [3.8, 4) is 0 Å². The highest BCUT2D eigenvalue weighted by Gasteiger charge is 2.25. The second-order valence-corrected chi connectivity index (χ2v) is 6.99. The number of rotatable bonds is 4. The van der Waals surface area contributed by atoms with Crippen molar-refractivity contribution in [2.45, 2.75) is 58.3 Å². The number of nitrogens with zero attached hydrogens (tertiary/aromatic N) is 1. The molecule has 23 heavy (non-hydrogen) atoms. The molecule has 5 heteroatoms. The predicted octanol–water partition coefficient (Wildman–Crippen LogP) is 3.50. The van der Waals surface area contributed by atoms with Crippen molar-refractivity contribution in [1.29, 1.82) is 0 Å². The molecule has 0 saturated carbocycles. The summed E-state index contributed by atoms with van der Waals surface area (Å²) in [6.07, 6.45) is 2.59. The van der Waals surface area contributed by atoms with Gasteiger partial charge >= 0.3 is 6.09 Å². The largest absolute Gasteiger partial charge is 0.444 e. The molecule has 0 spiro atoms. The second-order valence-electron chi connectivity index (χ2n) is 6.99. The fourth-order valence-electron chi connectivity index (χ4n) is 2.54. The zero-order valence-electron chi connectivity index (χ0n) is 14.4. The van der Waals surface area contributed by atoms with Crippen LogP contribution in [0.5, 0.6) is 0 Å². The monoisotopic (exact) mass is 320 g/mol. The molecular weight excluding hydrogens is 292 g/mol. The van der Waals surface area contributed by atoms with Gasteiger partial charge in [0.15, 0.2) is 0 Å². The lowest BCUT2D eigenvalue weighted by atomic mass is 10.1. The molecule has 0 radical (unpaired) electrons. The summed E-state index contributed by atoms with van der Waals surface area (Å²) in [4.78, 5) is 19.5. The van der Waals surface area contributed by atoms with Gasteiger partial charge in [-0.25, -0.2) is 4.79 Å². The first-order chi connectivity index (χ1) is 10.9. The molecule has 1 N–H and O–H groups in total. The summed E-state index contributed by atoms with van der Waals surface area (Å²) in [5, 5.41) is 0. The van der Waals surface area contributed by atoms with Crippen LogP contribution in [-0.2, 0) is 16.2 Å². The summed E-state index contributed by atoms with van der Waals surface area (Å²) in [6, 6.07) is 10.4. The Hall–Kier alpha value is -1.59. The lowest BCUT2D eigenvalue weighted by molar-refractivity contribution is -0.000486. The van der Waals surface area contributed by atoms with Gasteiger partial charge < -0.3 is 9.64 Å². The topological polar surface area (TPSA) is 50.8 Å². The van der Waals surface area contributed by atoms with E-state index in [-0.39, 0.29) is 12.1 Å². The van der Waals surface area contributed by atoms with E-state index >= 15 is 0 Å². The van der Waals surface area contributed by atoms with Gasteiger partial charge in [0, 0.05) is 19.1 Å². The van der Waals surface area contributed by atoms with E-state index in [2.05, 4.69) is 5.48 Å². The number of hydroxylamine groups is 1. The van der Waals surface area contributed by atoms with Gasteiger partial charge in [-0.1, -0.05) is 30.3 Å². The van der Waals surface area contributed by atoms with Crippen LogP contribution >= 0.6 is 0 Å². The number of benzene rings is 1. The molecule has 0 aliphatic carbocycles. The van der Waals surface area contributed by atoms with Crippen molar-refractivity contribution in [2.75, 3.05) is 13.1 Å². The number of hydrogen-bond acceptors (Lipinski definition) is 4. The van der Waals surface area contributed by atoms with Crippen LogP contribution in [0.1, 0.15) is 45.6 Å². The maximum absolute atomic E-state index is 12.1. The first-order valence-corrected chi connectivity index (χ1v) is 8.33. The fourth-order valence-corrected chi connectivity index (χ4v) is 2.54. The van der Waals surface area contributed by atoms with Crippen molar-refractivity contribution in [1.82, 2.24) is 10.4 Å². The molecule has 0 bridgehead atoms.